The average molecular weight is 220 g/mol. The molecule has 2 rings (SSSR count). The lowest BCUT2D eigenvalue weighted by atomic mass is 10.2. The lowest BCUT2D eigenvalue weighted by molar-refractivity contribution is -0.677. The standard InChI is InChI=1S/C11H13N3O2/c1-8(12)7-10-11(15)16-13-14(10)9-5-3-2-4-6-9/h2-6,8H,7,12H2,1H3/p+1. The van der Waals surface area contributed by atoms with Gasteiger partial charge >= 0.3 is 11.3 Å². The van der Waals surface area contributed by atoms with Crippen LogP contribution in [0.3, 0.4) is 0 Å². The Morgan fingerprint density at radius 2 is 2.12 bits per heavy atom. The van der Waals surface area contributed by atoms with Crippen molar-refractivity contribution >= 4 is 0 Å². The zero-order valence-electron chi connectivity index (χ0n) is 9.01. The number of hydrogen-bond donors (Lipinski definition) is 2. The van der Waals surface area contributed by atoms with Crippen LogP contribution in [0.15, 0.2) is 39.6 Å². The van der Waals surface area contributed by atoms with Crippen molar-refractivity contribution in [2.75, 3.05) is 0 Å². The summed E-state index contributed by atoms with van der Waals surface area (Å²) in [5.74, 6) is 0. The van der Waals surface area contributed by atoms with E-state index >= 15 is 0 Å². The Kier molecular flexibility index (Phi) is 2.87. The average Bonchev–Trinajstić information content (AvgIpc) is 2.61. The molecule has 0 spiro atoms. The van der Waals surface area contributed by atoms with Gasteiger partial charge in [-0.05, 0) is 16.9 Å². The summed E-state index contributed by atoms with van der Waals surface area (Å²) in [5, 5.41) is 2.57. The molecule has 16 heavy (non-hydrogen) atoms. The van der Waals surface area contributed by atoms with Gasteiger partial charge in [-0.1, -0.05) is 18.2 Å². The van der Waals surface area contributed by atoms with E-state index in [9.17, 15) is 4.79 Å². The van der Waals surface area contributed by atoms with Gasteiger partial charge < -0.3 is 5.73 Å². The molecule has 0 radical (unpaired) electrons. The second-order valence-electron chi connectivity index (χ2n) is 3.78. The Hall–Kier alpha value is -1.88. The minimum absolute atomic E-state index is 0.0892. The van der Waals surface area contributed by atoms with Gasteiger partial charge in [0.1, 0.15) is 0 Å². The van der Waals surface area contributed by atoms with Crippen molar-refractivity contribution in [1.29, 1.82) is 0 Å². The molecule has 5 nitrogen and oxygen atoms in total. The first-order valence-electron chi connectivity index (χ1n) is 5.12. The van der Waals surface area contributed by atoms with E-state index in [2.05, 4.69) is 5.27 Å². The first-order valence-corrected chi connectivity index (χ1v) is 5.12. The van der Waals surface area contributed by atoms with E-state index in [-0.39, 0.29) is 11.7 Å². The van der Waals surface area contributed by atoms with Crippen molar-refractivity contribution in [3.63, 3.8) is 0 Å². The summed E-state index contributed by atoms with van der Waals surface area (Å²) in [6, 6.07) is 9.38. The van der Waals surface area contributed by atoms with Gasteiger partial charge in [-0.3, -0.25) is 4.52 Å². The lowest BCUT2D eigenvalue weighted by Crippen LogP contribution is -2.41. The third-order valence-electron chi connectivity index (χ3n) is 2.26. The number of hydrogen-bond acceptors (Lipinski definition) is 3. The molecule has 0 saturated carbocycles. The molecule has 1 unspecified atom stereocenters. The maximum Gasteiger partial charge on any atom is 0.430 e. The molecule has 0 fully saturated rings. The molecule has 84 valence electrons. The molecular weight excluding hydrogens is 206 g/mol. The minimum Gasteiger partial charge on any atom is -0.327 e. The summed E-state index contributed by atoms with van der Waals surface area (Å²) >= 11 is 0. The Morgan fingerprint density at radius 1 is 1.44 bits per heavy atom. The number of nitrogens with one attached hydrogen (secondary N) is 1. The molecule has 0 aliphatic heterocycles. The number of rotatable bonds is 3. The van der Waals surface area contributed by atoms with Gasteiger partial charge in [0.25, 0.3) is 0 Å². The van der Waals surface area contributed by atoms with Gasteiger partial charge in [0.05, 0.1) is 6.42 Å². The van der Waals surface area contributed by atoms with Crippen molar-refractivity contribution in [1.82, 2.24) is 5.27 Å². The fourth-order valence-corrected chi connectivity index (χ4v) is 1.56. The number of aromatic amines is 1. The topological polar surface area (TPSA) is 75.9 Å². The van der Waals surface area contributed by atoms with E-state index in [0.29, 0.717) is 12.1 Å². The van der Waals surface area contributed by atoms with Gasteiger partial charge in [-0.25, -0.2) is 4.79 Å². The molecular formula is C11H14N3O2+. The number of nitrogens with two attached hydrogens (primary N) is 1. The van der Waals surface area contributed by atoms with Gasteiger partial charge in [0.15, 0.2) is 0 Å². The lowest BCUT2D eigenvalue weighted by Gasteiger charge is -1.97. The maximum absolute atomic E-state index is 11.5. The van der Waals surface area contributed by atoms with Crippen molar-refractivity contribution in [2.45, 2.75) is 19.4 Å². The second kappa shape index (κ2) is 4.32. The third-order valence-corrected chi connectivity index (χ3v) is 2.26. The van der Waals surface area contributed by atoms with Gasteiger partial charge in [-0.2, -0.15) is 0 Å². The molecule has 3 N–H and O–H groups in total. The van der Waals surface area contributed by atoms with E-state index in [0.717, 1.165) is 5.69 Å². The maximum atomic E-state index is 11.5. The summed E-state index contributed by atoms with van der Waals surface area (Å²) in [4.78, 5) is 11.5. The van der Waals surface area contributed by atoms with E-state index < -0.39 is 0 Å². The Morgan fingerprint density at radius 3 is 2.75 bits per heavy atom. The van der Waals surface area contributed by atoms with Crippen LogP contribution in [-0.2, 0) is 6.42 Å². The van der Waals surface area contributed by atoms with Crippen LogP contribution in [0.1, 0.15) is 12.6 Å². The molecule has 1 aromatic heterocycles. The van der Waals surface area contributed by atoms with E-state index in [4.69, 9.17) is 10.3 Å². The molecule has 0 amide bonds. The van der Waals surface area contributed by atoms with Crippen molar-refractivity contribution in [2.24, 2.45) is 5.73 Å². The van der Waals surface area contributed by atoms with Crippen molar-refractivity contribution in [3.05, 3.63) is 46.4 Å². The fourth-order valence-electron chi connectivity index (χ4n) is 1.56. The van der Waals surface area contributed by atoms with E-state index in [1.165, 1.54) is 0 Å². The van der Waals surface area contributed by atoms with Crippen LogP contribution in [0, 0.1) is 0 Å². The highest BCUT2D eigenvalue weighted by molar-refractivity contribution is 5.21. The molecule has 1 aromatic carbocycles. The smallest absolute Gasteiger partial charge is 0.327 e. The largest absolute Gasteiger partial charge is 0.430 e. The number of nitrogens with zero attached hydrogens (tertiary/aromatic N) is 1. The molecule has 0 aliphatic carbocycles. The normalized spacial score (nSPS) is 12.6. The van der Waals surface area contributed by atoms with Gasteiger partial charge in [0.2, 0.25) is 5.69 Å². The van der Waals surface area contributed by atoms with Crippen LogP contribution in [0.4, 0.5) is 0 Å². The van der Waals surface area contributed by atoms with Crippen molar-refractivity contribution < 1.29 is 9.20 Å². The minimum atomic E-state index is -0.374. The molecule has 0 aliphatic rings. The van der Waals surface area contributed by atoms with Gasteiger partial charge in [-0.15, -0.1) is 0 Å². The molecule has 0 saturated heterocycles. The number of benzene rings is 1. The summed E-state index contributed by atoms with van der Waals surface area (Å²) < 4.78 is 6.39. The quantitative estimate of drug-likeness (QED) is 0.722. The Balaban J connectivity index is 2.46. The van der Waals surface area contributed by atoms with Crippen LogP contribution in [-0.4, -0.2) is 11.3 Å². The van der Waals surface area contributed by atoms with Crippen LogP contribution < -0.4 is 16.0 Å². The molecule has 1 heterocycles. The molecule has 2 aromatic rings. The van der Waals surface area contributed by atoms with Gasteiger partial charge in [0, 0.05) is 18.2 Å². The first kappa shape index (κ1) is 10.6. The zero-order chi connectivity index (χ0) is 11.5. The zero-order valence-corrected chi connectivity index (χ0v) is 9.01. The molecule has 0 bridgehead atoms. The molecule has 1 atom stereocenters. The Bertz CT molecular complexity index is 514. The van der Waals surface area contributed by atoms with Crippen LogP contribution in [0.5, 0.6) is 0 Å². The van der Waals surface area contributed by atoms with Crippen LogP contribution in [0.25, 0.3) is 5.69 Å². The summed E-state index contributed by atoms with van der Waals surface area (Å²) in [5.41, 5.74) is 6.70. The monoisotopic (exact) mass is 220 g/mol. The Labute approximate surface area is 92.4 Å². The van der Waals surface area contributed by atoms with Crippen LogP contribution in [0.2, 0.25) is 0 Å². The highest BCUT2D eigenvalue weighted by Gasteiger charge is 2.23. The fraction of sp³-hybridized carbons (Fsp3) is 0.273. The highest BCUT2D eigenvalue weighted by atomic mass is 16.5. The third kappa shape index (κ3) is 2.04. The highest BCUT2D eigenvalue weighted by Crippen LogP contribution is 1.99. The first-order chi connectivity index (χ1) is 7.68. The predicted molar refractivity (Wildman–Crippen MR) is 58.2 cm³/mol. The SMILES string of the molecule is CC(N)Cc1c(=O)o[nH][n+]1-c1ccccc1. The summed E-state index contributed by atoms with van der Waals surface area (Å²) in [6.07, 6.45) is 0.473. The summed E-state index contributed by atoms with van der Waals surface area (Å²) in [6.45, 7) is 1.85. The molecule has 5 heteroatoms. The van der Waals surface area contributed by atoms with E-state index in [1.54, 1.807) is 4.68 Å². The van der Waals surface area contributed by atoms with E-state index in [1.807, 2.05) is 37.3 Å². The number of para-hydroxylation sites is 1. The number of aromatic nitrogens is 2. The summed E-state index contributed by atoms with van der Waals surface area (Å²) in [7, 11) is 0. The predicted octanol–water partition coefficient (Wildman–Crippen LogP) is 0.134. The number of H-pyrrole nitrogens is 1. The van der Waals surface area contributed by atoms with Crippen LogP contribution >= 0.6 is 0 Å². The van der Waals surface area contributed by atoms with Crippen molar-refractivity contribution in [3.8, 4) is 5.69 Å². The second-order valence-corrected chi connectivity index (χ2v) is 3.78.